The van der Waals surface area contributed by atoms with Crippen LogP contribution in [0.3, 0.4) is 0 Å². The zero-order chi connectivity index (χ0) is 12.3. The number of hydrogen-bond donors (Lipinski definition) is 1. The zero-order valence-corrected chi connectivity index (χ0v) is 11.6. The lowest BCUT2D eigenvalue weighted by Crippen LogP contribution is -2.44. The van der Waals surface area contributed by atoms with Gasteiger partial charge in [-0.3, -0.25) is 4.90 Å². The molecule has 0 radical (unpaired) electrons. The van der Waals surface area contributed by atoms with E-state index in [4.69, 9.17) is 11.6 Å². The lowest BCUT2D eigenvalue weighted by atomic mass is 10.0. The Hall–Kier alpha value is -0.610. The molecule has 1 aliphatic heterocycles. The number of rotatable bonds is 3. The van der Waals surface area contributed by atoms with Gasteiger partial charge in [-0.25, -0.2) is 4.39 Å². The first-order chi connectivity index (χ1) is 8.22. The summed E-state index contributed by atoms with van der Waals surface area (Å²) in [6.07, 6.45) is 1.78. The predicted molar refractivity (Wildman–Crippen MR) is 76.0 cm³/mol. The van der Waals surface area contributed by atoms with Crippen molar-refractivity contribution in [2.75, 3.05) is 26.2 Å². The van der Waals surface area contributed by atoms with Crippen LogP contribution >= 0.6 is 24.0 Å². The highest BCUT2D eigenvalue weighted by molar-refractivity contribution is 6.30. The van der Waals surface area contributed by atoms with E-state index in [9.17, 15) is 4.39 Å². The molecule has 2 rings (SSSR count). The zero-order valence-electron chi connectivity index (χ0n) is 10.0. The van der Waals surface area contributed by atoms with Gasteiger partial charge in [0.25, 0.3) is 0 Å². The highest BCUT2D eigenvalue weighted by Crippen LogP contribution is 2.27. The van der Waals surface area contributed by atoms with E-state index >= 15 is 0 Å². The van der Waals surface area contributed by atoms with Gasteiger partial charge in [-0.2, -0.15) is 0 Å². The fourth-order valence-electron chi connectivity index (χ4n) is 2.17. The van der Waals surface area contributed by atoms with E-state index in [0.29, 0.717) is 10.6 Å². The Kier molecular flexibility index (Phi) is 6.09. The molecule has 1 atom stereocenters. The fourth-order valence-corrected chi connectivity index (χ4v) is 2.35. The van der Waals surface area contributed by atoms with Gasteiger partial charge in [0.2, 0.25) is 0 Å². The monoisotopic (exact) mass is 290 g/mol. The van der Waals surface area contributed by atoms with E-state index in [1.54, 1.807) is 18.2 Å². The minimum absolute atomic E-state index is 0. The molecule has 5 heteroatoms. The van der Waals surface area contributed by atoms with Gasteiger partial charge in [0.15, 0.2) is 0 Å². The van der Waals surface area contributed by atoms with Gasteiger partial charge in [-0.15, -0.1) is 19.0 Å². The van der Waals surface area contributed by atoms with Crippen LogP contribution in [0.25, 0.3) is 0 Å². The molecule has 2 nitrogen and oxygen atoms in total. The lowest BCUT2D eigenvalue weighted by molar-refractivity contribution is 0.200. The Bertz CT molecular complexity index is 406. The van der Waals surface area contributed by atoms with E-state index < -0.39 is 0 Å². The van der Waals surface area contributed by atoms with Gasteiger partial charge < -0.3 is 5.32 Å². The third kappa shape index (κ3) is 3.45. The van der Waals surface area contributed by atoms with Crippen molar-refractivity contribution in [3.63, 3.8) is 0 Å². The first kappa shape index (κ1) is 15.4. The molecular weight excluding hydrogens is 274 g/mol. The average Bonchev–Trinajstić information content (AvgIpc) is 2.36. The molecule has 1 fully saturated rings. The van der Waals surface area contributed by atoms with Gasteiger partial charge >= 0.3 is 0 Å². The second-order valence-electron chi connectivity index (χ2n) is 4.13. The molecule has 0 aliphatic carbocycles. The Labute approximate surface area is 118 Å². The van der Waals surface area contributed by atoms with E-state index in [1.807, 2.05) is 0 Å². The molecule has 1 aliphatic rings. The van der Waals surface area contributed by atoms with Crippen LogP contribution in [0.2, 0.25) is 5.02 Å². The summed E-state index contributed by atoms with van der Waals surface area (Å²) in [6.45, 7) is 7.44. The quantitative estimate of drug-likeness (QED) is 0.861. The molecular formula is C13H17Cl2FN2. The van der Waals surface area contributed by atoms with Crippen molar-refractivity contribution in [1.29, 1.82) is 0 Å². The van der Waals surface area contributed by atoms with Gasteiger partial charge in [-0.05, 0) is 18.2 Å². The topological polar surface area (TPSA) is 15.3 Å². The van der Waals surface area contributed by atoms with Crippen molar-refractivity contribution in [2.45, 2.75) is 6.04 Å². The van der Waals surface area contributed by atoms with E-state index in [1.165, 1.54) is 6.07 Å². The first-order valence-corrected chi connectivity index (χ1v) is 6.12. The molecule has 0 saturated carbocycles. The molecule has 1 aromatic rings. The summed E-state index contributed by atoms with van der Waals surface area (Å²) < 4.78 is 13.8. The van der Waals surface area contributed by atoms with Crippen molar-refractivity contribution in [3.8, 4) is 0 Å². The number of benzene rings is 1. The van der Waals surface area contributed by atoms with Crippen LogP contribution in [0.1, 0.15) is 11.6 Å². The van der Waals surface area contributed by atoms with Crippen molar-refractivity contribution >= 4 is 24.0 Å². The molecule has 100 valence electrons. The number of nitrogens with zero attached hydrogens (tertiary/aromatic N) is 1. The second kappa shape index (κ2) is 7.10. The van der Waals surface area contributed by atoms with E-state index in [0.717, 1.165) is 26.2 Å². The summed E-state index contributed by atoms with van der Waals surface area (Å²) in [5.41, 5.74) is 0.606. The molecule has 0 bridgehead atoms. The van der Waals surface area contributed by atoms with Gasteiger partial charge in [-0.1, -0.05) is 17.7 Å². The maximum Gasteiger partial charge on any atom is 0.128 e. The van der Waals surface area contributed by atoms with Crippen LogP contribution < -0.4 is 5.32 Å². The highest BCUT2D eigenvalue weighted by Gasteiger charge is 2.22. The van der Waals surface area contributed by atoms with Crippen molar-refractivity contribution in [3.05, 3.63) is 47.3 Å². The van der Waals surface area contributed by atoms with Gasteiger partial charge in [0, 0.05) is 36.8 Å². The van der Waals surface area contributed by atoms with E-state index in [-0.39, 0.29) is 24.3 Å². The minimum Gasteiger partial charge on any atom is -0.314 e. The maximum absolute atomic E-state index is 13.8. The second-order valence-corrected chi connectivity index (χ2v) is 4.57. The molecule has 0 unspecified atom stereocenters. The van der Waals surface area contributed by atoms with Gasteiger partial charge in [0.05, 0.1) is 6.04 Å². The third-order valence-electron chi connectivity index (χ3n) is 3.04. The Morgan fingerprint density at radius 2 is 2.06 bits per heavy atom. The summed E-state index contributed by atoms with van der Waals surface area (Å²) in [5, 5.41) is 3.83. The highest BCUT2D eigenvalue weighted by atomic mass is 35.5. The summed E-state index contributed by atoms with van der Waals surface area (Å²) >= 11 is 5.92. The molecule has 1 N–H and O–H groups in total. The van der Waals surface area contributed by atoms with Crippen molar-refractivity contribution < 1.29 is 4.39 Å². The number of piperazine rings is 1. The summed E-state index contributed by atoms with van der Waals surface area (Å²) in [6, 6.07) is 4.57. The molecule has 18 heavy (non-hydrogen) atoms. The summed E-state index contributed by atoms with van der Waals surface area (Å²) in [5.74, 6) is -0.224. The Balaban J connectivity index is 0.00000162. The van der Waals surface area contributed by atoms with Crippen LogP contribution in [-0.2, 0) is 0 Å². The molecule has 1 heterocycles. The Morgan fingerprint density at radius 3 is 2.67 bits per heavy atom. The van der Waals surface area contributed by atoms with Crippen LogP contribution in [0.5, 0.6) is 0 Å². The number of halogens is 3. The van der Waals surface area contributed by atoms with Gasteiger partial charge in [0.1, 0.15) is 5.82 Å². The maximum atomic E-state index is 13.8. The number of hydrogen-bond acceptors (Lipinski definition) is 2. The summed E-state index contributed by atoms with van der Waals surface area (Å²) in [4.78, 5) is 2.21. The molecule has 1 saturated heterocycles. The fraction of sp³-hybridized carbons (Fsp3) is 0.385. The predicted octanol–water partition coefficient (Wildman–Crippen LogP) is 3.03. The smallest absolute Gasteiger partial charge is 0.128 e. The van der Waals surface area contributed by atoms with E-state index in [2.05, 4.69) is 16.8 Å². The third-order valence-corrected chi connectivity index (χ3v) is 3.28. The van der Waals surface area contributed by atoms with Crippen LogP contribution in [-0.4, -0.2) is 31.1 Å². The minimum atomic E-state index is -0.224. The molecule has 0 spiro atoms. The standard InChI is InChI=1S/C13H16ClFN2.ClH/c1-2-13(17-7-5-16-6-8-17)11-9-10(14)3-4-12(11)15;/h2-4,9,13,16H,1,5-8H2;1H/t13-;/m0./s1. The SMILES string of the molecule is C=C[C@@H](c1cc(Cl)ccc1F)N1CCNCC1.Cl. The Morgan fingerprint density at radius 1 is 1.39 bits per heavy atom. The summed E-state index contributed by atoms with van der Waals surface area (Å²) in [7, 11) is 0. The number of nitrogens with one attached hydrogen (secondary N) is 1. The first-order valence-electron chi connectivity index (χ1n) is 5.74. The van der Waals surface area contributed by atoms with Crippen molar-refractivity contribution in [1.82, 2.24) is 10.2 Å². The normalized spacial score (nSPS) is 17.9. The molecule has 1 aromatic carbocycles. The average molecular weight is 291 g/mol. The largest absolute Gasteiger partial charge is 0.314 e. The van der Waals surface area contributed by atoms with Crippen molar-refractivity contribution in [2.24, 2.45) is 0 Å². The van der Waals surface area contributed by atoms with Crippen LogP contribution in [0.4, 0.5) is 4.39 Å². The molecule has 0 aromatic heterocycles. The van der Waals surface area contributed by atoms with Crippen LogP contribution in [0.15, 0.2) is 30.9 Å². The molecule has 0 amide bonds. The lowest BCUT2D eigenvalue weighted by Gasteiger charge is -2.33. The van der Waals surface area contributed by atoms with Crippen LogP contribution in [0, 0.1) is 5.82 Å².